The van der Waals surface area contributed by atoms with E-state index in [0.717, 1.165) is 6.26 Å². The molecule has 12 heteroatoms. The lowest BCUT2D eigenvalue weighted by molar-refractivity contribution is 0.309. The fourth-order valence-corrected chi connectivity index (χ4v) is 0.316. The Morgan fingerprint density at radius 1 is 1.08 bits per heavy atom. The van der Waals surface area contributed by atoms with Gasteiger partial charge in [-0.15, -0.1) is 0 Å². The zero-order valence-electron chi connectivity index (χ0n) is 6.26. The van der Waals surface area contributed by atoms with Gasteiger partial charge in [-0.05, 0) is 15.7 Å². The van der Waals surface area contributed by atoms with Crippen LogP contribution in [-0.4, -0.2) is 14.7 Å². The third-order valence-electron chi connectivity index (χ3n) is 0.410. The maximum Gasteiger partial charge on any atom is 0.327 e. The minimum Gasteiger partial charge on any atom is -0.247 e. The second-order valence-electron chi connectivity index (χ2n) is 1.41. The molecular weight excluding hydrogens is 204 g/mol. The first-order valence-corrected chi connectivity index (χ1v) is 4.33. The summed E-state index contributed by atoms with van der Waals surface area (Å²) < 4.78 is 24.3. The van der Waals surface area contributed by atoms with Crippen molar-refractivity contribution in [2.75, 3.05) is 6.26 Å². The molecule has 0 aromatic carbocycles. The van der Waals surface area contributed by atoms with Gasteiger partial charge in [-0.2, -0.15) is 13.9 Å². The molecule has 0 aromatic heterocycles. The van der Waals surface area contributed by atoms with Crippen LogP contribution in [-0.2, 0) is 14.4 Å². The second kappa shape index (κ2) is 5.76. The third-order valence-corrected chi connectivity index (χ3v) is 0.747. The quantitative estimate of drug-likeness (QED) is 0.529. The van der Waals surface area contributed by atoms with Crippen LogP contribution in [0.4, 0.5) is 0 Å². The summed E-state index contributed by atoms with van der Waals surface area (Å²) in [5, 5.41) is 19.0. The summed E-state index contributed by atoms with van der Waals surface area (Å²) in [6.07, 6.45) is 0.780. The maximum absolute atomic E-state index is 10.2. The molecule has 13 heavy (non-hydrogen) atoms. The van der Waals surface area contributed by atoms with Gasteiger partial charge in [0.05, 0.1) is 11.5 Å². The molecule has 0 bridgehead atoms. The third kappa shape index (κ3) is 10.2. The molecule has 0 fully saturated rings. The van der Waals surface area contributed by atoms with Crippen LogP contribution in [0.2, 0.25) is 0 Å². The summed E-state index contributed by atoms with van der Waals surface area (Å²) in [5.41, 5.74) is 6.11. The second-order valence-corrected chi connectivity index (χ2v) is 2.96. The number of rotatable bonds is 5. The first kappa shape index (κ1) is 11.2. The fraction of sp³-hybridized carbons (Fsp3) is 1.00. The molecule has 0 radical (unpaired) electrons. The van der Waals surface area contributed by atoms with Gasteiger partial charge in [-0.25, -0.2) is 4.28 Å². The highest BCUT2D eigenvalue weighted by Gasteiger charge is 1.97. The van der Waals surface area contributed by atoms with Crippen molar-refractivity contribution in [2.24, 2.45) is 36.6 Å². The minimum atomic E-state index is -3.69. The Morgan fingerprint density at radius 2 is 1.62 bits per heavy atom. The monoisotopic (exact) mass is 208 g/mol. The van der Waals surface area contributed by atoms with Crippen LogP contribution >= 0.6 is 0 Å². The van der Waals surface area contributed by atoms with Gasteiger partial charge >= 0.3 is 10.1 Å². The molecule has 11 nitrogen and oxygen atoms in total. The van der Waals surface area contributed by atoms with E-state index in [2.05, 4.69) is 40.9 Å². The van der Waals surface area contributed by atoms with Gasteiger partial charge in [0.2, 0.25) is 0 Å². The number of hydrogen-bond donors (Lipinski definition) is 1. The van der Waals surface area contributed by atoms with Crippen LogP contribution in [0.3, 0.4) is 0 Å². The smallest absolute Gasteiger partial charge is 0.247 e. The largest absolute Gasteiger partial charge is 0.327 e. The lowest BCUT2D eigenvalue weighted by atomic mass is 12.0. The topological polar surface area (TPSA) is 154 Å². The van der Waals surface area contributed by atoms with Crippen molar-refractivity contribution >= 4 is 10.1 Å². The lowest BCUT2D eigenvalue weighted by Gasteiger charge is -1.85. The Hall–Kier alpha value is -1.85. The number of hydrogen-bond acceptors (Lipinski definition) is 5. The van der Waals surface area contributed by atoms with E-state index in [9.17, 15) is 8.42 Å². The molecule has 0 spiro atoms. The molecule has 0 aliphatic heterocycles. The molecule has 0 saturated heterocycles. The molecule has 0 saturated carbocycles. The molecule has 1 N–H and O–H groups in total. The lowest BCUT2D eigenvalue weighted by Crippen LogP contribution is -1.95. The Labute approximate surface area is 72.1 Å². The number of nitrogens with one attached hydrogen (secondary N) is 1. The Morgan fingerprint density at radius 3 is 2.15 bits per heavy atom. The van der Waals surface area contributed by atoms with Gasteiger partial charge in [-0.1, -0.05) is 0 Å². The Kier molecular flexibility index (Phi) is 4.94. The van der Waals surface area contributed by atoms with Gasteiger partial charge < -0.3 is 0 Å². The molecule has 72 valence electrons. The molecule has 0 aliphatic rings. The van der Waals surface area contributed by atoms with Gasteiger partial charge in [0, 0.05) is 15.7 Å². The van der Waals surface area contributed by atoms with Gasteiger partial charge in [0.1, 0.15) is 0 Å². The van der Waals surface area contributed by atoms with Crippen LogP contribution in [0.1, 0.15) is 0 Å². The predicted molar refractivity (Wildman–Crippen MR) is 35.6 cm³/mol. The molecule has 0 amide bonds. The van der Waals surface area contributed by atoms with Crippen LogP contribution < -0.4 is 0 Å². The molecule has 0 unspecified atom stereocenters. The zero-order chi connectivity index (χ0) is 10.2. The fourth-order valence-electron chi connectivity index (χ4n) is 0.165. The Bertz CT molecular complexity index is 325. The summed E-state index contributed by atoms with van der Waals surface area (Å²) in [4.78, 5) is 0. The van der Waals surface area contributed by atoms with E-state index in [-0.39, 0.29) is 0 Å². The van der Waals surface area contributed by atoms with E-state index in [0.29, 0.717) is 0 Å². The van der Waals surface area contributed by atoms with Crippen LogP contribution in [0.25, 0.3) is 0 Å². The minimum absolute atomic E-state index is 0.780. The van der Waals surface area contributed by atoms with Crippen LogP contribution in [0, 0.1) is 5.53 Å². The average Bonchev–Trinajstić information content (AvgIpc) is 2.01. The van der Waals surface area contributed by atoms with Crippen molar-refractivity contribution in [1.29, 1.82) is 5.53 Å². The highest BCUT2D eigenvalue weighted by molar-refractivity contribution is 7.85. The highest BCUT2D eigenvalue weighted by atomic mass is 32.2. The van der Waals surface area contributed by atoms with E-state index in [4.69, 9.17) is 5.53 Å². The van der Waals surface area contributed by atoms with Crippen molar-refractivity contribution in [3.63, 3.8) is 0 Å². The van der Waals surface area contributed by atoms with Crippen LogP contribution in [0.5, 0.6) is 0 Å². The van der Waals surface area contributed by atoms with Gasteiger partial charge in [-0.3, -0.25) is 0 Å². The maximum atomic E-state index is 10.2. The van der Waals surface area contributed by atoms with Gasteiger partial charge in [0.15, 0.2) is 0 Å². The first-order valence-electron chi connectivity index (χ1n) is 2.51. The molecule has 0 aliphatic carbocycles. The molecular formula is CH4N8O3S. The summed E-state index contributed by atoms with van der Waals surface area (Å²) in [6.45, 7) is 0. The summed E-state index contributed by atoms with van der Waals surface area (Å²) in [5.74, 6) is 0. The van der Waals surface area contributed by atoms with E-state index in [1.54, 1.807) is 0 Å². The SMILES string of the molecule is CS(=O)(=O)O/N=N/N=N/N=N/N=N. The Balaban J connectivity index is 3.83. The summed E-state index contributed by atoms with van der Waals surface area (Å²) in [7, 11) is -3.69. The van der Waals surface area contributed by atoms with Crippen molar-refractivity contribution in [3.05, 3.63) is 0 Å². The van der Waals surface area contributed by atoms with Crippen molar-refractivity contribution in [3.8, 4) is 0 Å². The molecule has 0 atom stereocenters. The standard InChI is InChI=1S/CH4N8O3S/c1-13(10,11)12-9-8-7-6-5-4-3-2/h2H,1H3/b3-2?,5-4+,7-6+,9-8+. The van der Waals surface area contributed by atoms with Gasteiger partial charge in [0.25, 0.3) is 0 Å². The number of nitrogens with zero attached hydrogens (tertiary/aromatic N) is 7. The van der Waals surface area contributed by atoms with E-state index < -0.39 is 10.1 Å². The van der Waals surface area contributed by atoms with E-state index >= 15 is 0 Å². The normalized spacial score (nSPS) is 13.0. The predicted octanol–water partition coefficient (Wildman–Crippen LogP) is 1.01. The average molecular weight is 208 g/mol. The summed E-state index contributed by atoms with van der Waals surface area (Å²) in [6, 6.07) is 0. The van der Waals surface area contributed by atoms with Crippen molar-refractivity contribution in [2.45, 2.75) is 0 Å². The van der Waals surface area contributed by atoms with Crippen molar-refractivity contribution < 1.29 is 12.7 Å². The zero-order valence-corrected chi connectivity index (χ0v) is 7.08. The summed E-state index contributed by atoms with van der Waals surface area (Å²) >= 11 is 0. The molecule has 0 aromatic rings. The highest BCUT2D eigenvalue weighted by Crippen LogP contribution is 1.89. The van der Waals surface area contributed by atoms with Crippen molar-refractivity contribution in [1.82, 2.24) is 0 Å². The van der Waals surface area contributed by atoms with E-state index in [1.807, 2.05) is 0 Å². The molecule has 0 rings (SSSR count). The van der Waals surface area contributed by atoms with E-state index in [1.165, 1.54) is 0 Å². The first-order chi connectivity index (χ1) is 6.06. The van der Waals surface area contributed by atoms with Crippen LogP contribution in [0.15, 0.2) is 36.6 Å². The molecule has 0 heterocycles.